The van der Waals surface area contributed by atoms with Gasteiger partial charge in [-0.1, -0.05) is 11.3 Å². The molecule has 1 aliphatic rings. The molecule has 12 heteroatoms. The summed E-state index contributed by atoms with van der Waals surface area (Å²) in [7, 11) is 3.22. The molecule has 0 aliphatic carbocycles. The fourth-order valence-electron chi connectivity index (χ4n) is 4.31. The van der Waals surface area contributed by atoms with E-state index in [-0.39, 0.29) is 36.3 Å². The maximum absolute atomic E-state index is 13.8. The standard InChI is InChI=1S/C23H23FN6O4S/c1-13-19-20(35-22(13)30-25-7-8-26-30)27-23(29(21(19)32)16-11-18(31)28(2)12-16)34-9-6-14-10-15(24)4-5-17(14)33-3/h4-5,7-8,10,16H,6,9,11-12H2,1-3H3. The van der Waals surface area contributed by atoms with Crippen molar-refractivity contribution in [1.29, 1.82) is 0 Å². The van der Waals surface area contributed by atoms with Crippen LogP contribution in [0.15, 0.2) is 35.4 Å². The first-order valence-electron chi connectivity index (χ1n) is 11.0. The highest BCUT2D eigenvalue weighted by Gasteiger charge is 2.32. The average molecular weight is 499 g/mol. The summed E-state index contributed by atoms with van der Waals surface area (Å²) in [5, 5.41) is 9.48. The fourth-order valence-corrected chi connectivity index (χ4v) is 5.39. The van der Waals surface area contributed by atoms with Crippen LogP contribution >= 0.6 is 11.3 Å². The molecule has 1 aromatic carbocycles. The lowest BCUT2D eigenvalue weighted by Crippen LogP contribution is -2.29. The molecule has 4 aromatic rings. The summed E-state index contributed by atoms with van der Waals surface area (Å²) in [4.78, 5) is 34.2. The highest BCUT2D eigenvalue weighted by molar-refractivity contribution is 7.21. The van der Waals surface area contributed by atoms with E-state index in [1.165, 1.54) is 39.9 Å². The van der Waals surface area contributed by atoms with E-state index in [0.717, 1.165) is 0 Å². The first-order chi connectivity index (χ1) is 16.9. The summed E-state index contributed by atoms with van der Waals surface area (Å²) in [6, 6.07) is 3.98. The number of carbonyl (C=O) groups excluding carboxylic acids is 1. The van der Waals surface area contributed by atoms with Crippen molar-refractivity contribution in [3.63, 3.8) is 0 Å². The van der Waals surface area contributed by atoms with E-state index in [1.54, 1.807) is 30.4 Å². The molecule has 0 saturated carbocycles. The summed E-state index contributed by atoms with van der Waals surface area (Å²) in [5.74, 6) is 0.114. The van der Waals surface area contributed by atoms with Crippen molar-refractivity contribution >= 4 is 27.5 Å². The van der Waals surface area contributed by atoms with E-state index in [9.17, 15) is 14.0 Å². The predicted octanol–water partition coefficient (Wildman–Crippen LogP) is 2.52. The Morgan fingerprint density at radius 1 is 1.23 bits per heavy atom. The second-order valence-corrected chi connectivity index (χ2v) is 9.26. The van der Waals surface area contributed by atoms with E-state index in [0.29, 0.717) is 45.1 Å². The number of aromatic nitrogens is 5. The van der Waals surface area contributed by atoms with Crippen molar-refractivity contribution < 1.29 is 18.7 Å². The molecule has 1 atom stereocenters. The van der Waals surface area contributed by atoms with Gasteiger partial charge in [-0.15, -0.1) is 4.80 Å². The molecule has 1 unspecified atom stereocenters. The van der Waals surface area contributed by atoms with Gasteiger partial charge in [0, 0.05) is 37.6 Å². The van der Waals surface area contributed by atoms with Gasteiger partial charge in [-0.25, -0.2) is 4.39 Å². The van der Waals surface area contributed by atoms with Crippen molar-refractivity contribution in [2.24, 2.45) is 0 Å². The van der Waals surface area contributed by atoms with E-state index in [2.05, 4.69) is 15.2 Å². The molecule has 1 aliphatic heterocycles. The van der Waals surface area contributed by atoms with E-state index in [4.69, 9.17) is 9.47 Å². The number of fused-ring (bicyclic) bond motifs is 1. The number of likely N-dealkylation sites (tertiary alicyclic amines) is 1. The third-order valence-corrected chi connectivity index (χ3v) is 7.22. The van der Waals surface area contributed by atoms with Crippen LogP contribution in [0.3, 0.4) is 0 Å². The molecule has 1 saturated heterocycles. The van der Waals surface area contributed by atoms with Gasteiger partial charge in [0.15, 0.2) is 0 Å². The van der Waals surface area contributed by atoms with Crippen LogP contribution in [0.4, 0.5) is 4.39 Å². The molecule has 10 nitrogen and oxygen atoms in total. The van der Waals surface area contributed by atoms with Gasteiger partial charge >= 0.3 is 6.01 Å². The van der Waals surface area contributed by atoms with Gasteiger partial charge in [-0.3, -0.25) is 14.2 Å². The topological polar surface area (TPSA) is 104 Å². The van der Waals surface area contributed by atoms with Gasteiger partial charge in [0.05, 0.1) is 37.5 Å². The number of carbonyl (C=O) groups is 1. The fraction of sp³-hybridized carbons (Fsp3) is 0.348. The Bertz CT molecular complexity index is 1470. The van der Waals surface area contributed by atoms with Crippen LogP contribution in [0.1, 0.15) is 23.6 Å². The molecular weight excluding hydrogens is 475 g/mol. The van der Waals surface area contributed by atoms with Crippen molar-refractivity contribution in [2.75, 3.05) is 27.3 Å². The molecule has 182 valence electrons. The molecule has 4 heterocycles. The van der Waals surface area contributed by atoms with E-state index >= 15 is 0 Å². The summed E-state index contributed by atoms with van der Waals surface area (Å²) in [6.07, 6.45) is 3.63. The Kier molecular flexibility index (Phi) is 5.97. The predicted molar refractivity (Wildman–Crippen MR) is 127 cm³/mol. The number of benzene rings is 1. The van der Waals surface area contributed by atoms with Crippen molar-refractivity contribution in [2.45, 2.75) is 25.8 Å². The molecular formula is C23H23FN6O4S. The largest absolute Gasteiger partial charge is 0.496 e. The monoisotopic (exact) mass is 498 g/mol. The lowest BCUT2D eigenvalue weighted by molar-refractivity contribution is -0.126. The summed E-state index contributed by atoms with van der Waals surface area (Å²) in [5.41, 5.74) is 1.06. The number of nitrogens with zero attached hydrogens (tertiary/aromatic N) is 6. The number of likely N-dealkylation sites (N-methyl/N-ethyl adjacent to an activating group) is 1. The lowest BCUT2D eigenvalue weighted by atomic mass is 10.1. The van der Waals surface area contributed by atoms with Crippen LogP contribution in [-0.4, -0.2) is 62.7 Å². The number of thiophene rings is 1. The zero-order valence-corrected chi connectivity index (χ0v) is 20.2. The van der Waals surface area contributed by atoms with Crippen molar-refractivity contribution in [3.05, 3.63) is 57.9 Å². The first-order valence-corrected chi connectivity index (χ1v) is 11.8. The highest BCUT2D eigenvalue weighted by Crippen LogP contribution is 2.33. The SMILES string of the molecule is COc1ccc(F)cc1CCOc1nc2sc(-n3nccn3)c(C)c2c(=O)n1C1CC(=O)N(C)C1. The Hall–Kier alpha value is -3.80. The summed E-state index contributed by atoms with van der Waals surface area (Å²) < 4.78 is 26.5. The van der Waals surface area contributed by atoms with Crippen LogP contribution in [0.5, 0.6) is 11.8 Å². The van der Waals surface area contributed by atoms with Crippen LogP contribution in [0.2, 0.25) is 0 Å². The quantitative estimate of drug-likeness (QED) is 0.386. The zero-order valence-electron chi connectivity index (χ0n) is 19.4. The Labute approximate surface area is 203 Å². The number of ether oxygens (including phenoxy) is 2. The highest BCUT2D eigenvalue weighted by atomic mass is 32.1. The van der Waals surface area contributed by atoms with Crippen molar-refractivity contribution in [3.8, 4) is 16.8 Å². The summed E-state index contributed by atoms with van der Waals surface area (Å²) >= 11 is 1.29. The minimum Gasteiger partial charge on any atom is -0.496 e. The third kappa shape index (κ3) is 4.14. The first kappa shape index (κ1) is 23.0. The zero-order chi connectivity index (χ0) is 24.7. The van der Waals surface area contributed by atoms with Crippen molar-refractivity contribution in [1.82, 2.24) is 29.4 Å². The third-order valence-electron chi connectivity index (χ3n) is 6.07. The molecule has 3 aromatic heterocycles. The van der Waals surface area contributed by atoms with Crippen LogP contribution in [0, 0.1) is 12.7 Å². The van der Waals surface area contributed by atoms with Crippen LogP contribution in [0.25, 0.3) is 15.2 Å². The van der Waals surface area contributed by atoms with Gasteiger partial charge < -0.3 is 14.4 Å². The van der Waals surface area contributed by atoms with E-state index in [1.807, 2.05) is 6.92 Å². The van der Waals surface area contributed by atoms with E-state index < -0.39 is 6.04 Å². The summed E-state index contributed by atoms with van der Waals surface area (Å²) in [6.45, 7) is 2.33. The molecule has 0 radical (unpaired) electrons. The molecule has 5 rings (SSSR count). The molecule has 35 heavy (non-hydrogen) atoms. The normalized spacial score (nSPS) is 15.8. The number of aryl methyl sites for hydroxylation is 1. The molecule has 0 bridgehead atoms. The maximum Gasteiger partial charge on any atom is 0.300 e. The smallest absolute Gasteiger partial charge is 0.300 e. The maximum atomic E-state index is 13.8. The molecule has 0 spiro atoms. The lowest BCUT2D eigenvalue weighted by Gasteiger charge is -2.18. The number of halogens is 1. The molecule has 0 N–H and O–H groups in total. The van der Waals surface area contributed by atoms with Gasteiger partial charge in [0.1, 0.15) is 21.4 Å². The average Bonchev–Trinajstić information content (AvgIpc) is 3.54. The van der Waals surface area contributed by atoms with Crippen LogP contribution in [-0.2, 0) is 11.2 Å². The number of methoxy groups -OCH3 is 1. The minimum atomic E-state index is -0.416. The minimum absolute atomic E-state index is 0.0547. The van der Waals surface area contributed by atoms with Gasteiger partial charge in [0.25, 0.3) is 5.56 Å². The van der Waals surface area contributed by atoms with Crippen LogP contribution < -0.4 is 15.0 Å². The molecule has 1 amide bonds. The van der Waals surface area contributed by atoms with Gasteiger partial charge in [-0.2, -0.15) is 15.2 Å². The van der Waals surface area contributed by atoms with Gasteiger partial charge in [0.2, 0.25) is 5.91 Å². The Balaban J connectivity index is 1.55. The number of amides is 1. The number of hydrogen-bond acceptors (Lipinski definition) is 8. The number of rotatable bonds is 7. The number of hydrogen-bond donors (Lipinski definition) is 0. The second-order valence-electron chi connectivity index (χ2n) is 8.29. The molecule has 1 fully saturated rings. The van der Waals surface area contributed by atoms with Gasteiger partial charge in [-0.05, 0) is 25.1 Å². The Morgan fingerprint density at radius 3 is 2.69 bits per heavy atom. The second kappa shape index (κ2) is 9.10. The Morgan fingerprint density at radius 2 is 2.00 bits per heavy atom.